The van der Waals surface area contributed by atoms with Crippen molar-refractivity contribution in [2.24, 2.45) is 0 Å². The van der Waals surface area contributed by atoms with Crippen LogP contribution in [0.4, 0.5) is 5.69 Å². The lowest BCUT2D eigenvalue weighted by atomic mass is 10.3. The summed E-state index contributed by atoms with van der Waals surface area (Å²) in [6, 6.07) is 11.5. The van der Waals surface area contributed by atoms with Gasteiger partial charge in [0.05, 0.1) is 18.1 Å². The smallest absolute Gasteiger partial charge is 0.251 e. The van der Waals surface area contributed by atoms with Crippen molar-refractivity contribution in [3.05, 3.63) is 59.0 Å². The van der Waals surface area contributed by atoms with E-state index in [1.54, 1.807) is 31.3 Å². The minimum absolute atomic E-state index is 0.0147. The number of benzene rings is 1. The molecule has 0 unspecified atom stereocenters. The highest BCUT2D eigenvalue weighted by Gasteiger charge is 2.27. The van der Waals surface area contributed by atoms with Crippen molar-refractivity contribution < 1.29 is 17.9 Å². The molecule has 1 aliphatic heterocycles. The Morgan fingerprint density at radius 1 is 1.11 bits per heavy atom. The second kappa shape index (κ2) is 8.03. The highest BCUT2D eigenvalue weighted by molar-refractivity contribution is 7.89. The Morgan fingerprint density at radius 3 is 2.44 bits per heavy atom. The van der Waals surface area contributed by atoms with E-state index < -0.39 is 15.6 Å². The number of para-hydroxylation sites is 1. The molecule has 9 heteroatoms. The minimum Gasteiger partial charge on any atom is -0.379 e. The van der Waals surface area contributed by atoms with E-state index in [2.05, 4.69) is 0 Å². The first-order valence-electron chi connectivity index (χ1n) is 8.49. The van der Waals surface area contributed by atoms with Crippen LogP contribution in [0.1, 0.15) is 0 Å². The van der Waals surface area contributed by atoms with Crippen LogP contribution in [0, 0.1) is 0 Å². The number of hydrogen-bond acceptors (Lipinski definition) is 5. The van der Waals surface area contributed by atoms with Gasteiger partial charge in [-0.1, -0.05) is 18.2 Å². The van der Waals surface area contributed by atoms with Crippen LogP contribution in [0.3, 0.4) is 0 Å². The van der Waals surface area contributed by atoms with Gasteiger partial charge in [0.1, 0.15) is 6.54 Å². The molecule has 8 nitrogen and oxygen atoms in total. The molecule has 3 rings (SSSR count). The van der Waals surface area contributed by atoms with Crippen molar-refractivity contribution in [3.63, 3.8) is 0 Å². The molecule has 0 atom stereocenters. The van der Waals surface area contributed by atoms with Crippen LogP contribution in [-0.4, -0.2) is 56.5 Å². The van der Waals surface area contributed by atoms with Crippen LogP contribution in [0.15, 0.2) is 58.4 Å². The Morgan fingerprint density at radius 2 is 1.78 bits per heavy atom. The van der Waals surface area contributed by atoms with Gasteiger partial charge in [-0.2, -0.15) is 4.31 Å². The van der Waals surface area contributed by atoms with Gasteiger partial charge in [0.2, 0.25) is 15.9 Å². The highest BCUT2D eigenvalue weighted by Crippen LogP contribution is 2.16. The number of amides is 1. The standard InChI is InChI=1S/C18H21N3O5S/c1-19(15-5-3-2-4-6-15)18(23)14-20-13-16(7-8-17(20)22)27(24,25)21-9-11-26-12-10-21/h2-8,13H,9-12,14H2,1H3. The van der Waals surface area contributed by atoms with E-state index in [4.69, 9.17) is 4.74 Å². The van der Waals surface area contributed by atoms with Crippen LogP contribution < -0.4 is 10.5 Å². The first-order chi connectivity index (χ1) is 12.9. The third kappa shape index (κ3) is 4.26. The van der Waals surface area contributed by atoms with Gasteiger partial charge in [0.25, 0.3) is 5.56 Å². The zero-order chi connectivity index (χ0) is 19.4. The minimum atomic E-state index is -3.74. The van der Waals surface area contributed by atoms with Gasteiger partial charge in [-0.15, -0.1) is 0 Å². The first-order valence-corrected chi connectivity index (χ1v) is 9.93. The fourth-order valence-corrected chi connectivity index (χ4v) is 4.20. The summed E-state index contributed by atoms with van der Waals surface area (Å²) in [6.45, 7) is 0.934. The van der Waals surface area contributed by atoms with E-state index in [1.807, 2.05) is 6.07 Å². The third-order valence-corrected chi connectivity index (χ3v) is 6.27. The molecule has 0 N–H and O–H groups in total. The molecule has 1 aromatic carbocycles. The molecule has 1 aromatic heterocycles. The summed E-state index contributed by atoms with van der Waals surface area (Å²) in [7, 11) is -2.13. The lowest BCUT2D eigenvalue weighted by molar-refractivity contribution is -0.118. The molecule has 2 aromatic rings. The van der Waals surface area contributed by atoms with Crippen molar-refractivity contribution in [3.8, 4) is 0 Å². The zero-order valence-electron chi connectivity index (χ0n) is 14.9. The monoisotopic (exact) mass is 391 g/mol. The molecule has 1 fully saturated rings. The molecule has 0 saturated carbocycles. The highest BCUT2D eigenvalue weighted by atomic mass is 32.2. The van der Waals surface area contributed by atoms with E-state index in [-0.39, 0.29) is 30.4 Å². The van der Waals surface area contributed by atoms with E-state index in [1.165, 1.54) is 27.5 Å². The second-order valence-corrected chi connectivity index (χ2v) is 8.07. The molecule has 0 radical (unpaired) electrons. The van der Waals surface area contributed by atoms with E-state index in [0.717, 1.165) is 4.57 Å². The fourth-order valence-electron chi connectivity index (χ4n) is 2.77. The van der Waals surface area contributed by atoms with Gasteiger partial charge in [0.15, 0.2) is 0 Å². The topological polar surface area (TPSA) is 88.9 Å². The first kappa shape index (κ1) is 19.3. The van der Waals surface area contributed by atoms with Gasteiger partial charge in [0, 0.05) is 38.1 Å². The zero-order valence-corrected chi connectivity index (χ0v) is 15.8. The lowest BCUT2D eigenvalue weighted by Crippen LogP contribution is -2.41. The molecule has 1 aliphatic rings. The van der Waals surface area contributed by atoms with Gasteiger partial charge in [-0.05, 0) is 18.2 Å². The van der Waals surface area contributed by atoms with Crippen LogP contribution in [0.25, 0.3) is 0 Å². The Labute approximate surface area is 157 Å². The number of hydrogen-bond donors (Lipinski definition) is 0. The quantitative estimate of drug-likeness (QED) is 0.742. The van der Waals surface area contributed by atoms with E-state index in [0.29, 0.717) is 18.9 Å². The number of carbonyl (C=O) groups is 1. The Kier molecular flexibility index (Phi) is 5.73. The van der Waals surface area contributed by atoms with Crippen LogP contribution in [0.5, 0.6) is 0 Å². The summed E-state index contributed by atoms with van der Waals surface area (Å²) in [6.07, 6.45) is 1.23. The number of ether oxygens (including phenoxy) is 1. The average molecular weight is 391 g/mol. The van der Waals surface area contributed by atoms with Gasteiger partial charge >= 0.3 is 0 Å². The SMILES string of the molecule is CN(C(=O)Cn1cc(S(=O)(=O)N2CCOCC2)ccc1=O)c1ccccc1. The molecular weight excluding hydrogens is 370 g/mol. The summed E-state index contributed by atoms with van der Waals surface area (Å²) in [5.74, 6) is -0.329. The molecule has 0 aliphatic carbocycles. The molecule has 1 amide bonds. The predicted octanol–water partition coefficient (Wildman–Crippen LogP) is 0.532. The summed E-state index contributed by atoms with van der Waals surface area (Å²) in [4.78, 5) is 26.1. The third-order valence-electron chi connectivity index (χ3n) is 4.39. The second-order valence-electron chi connectivity index (χ2n) is 6.14. The maximum atomic E-state index is 12.8. The number of rotatable bonds is 5. The molecule has 27 heavy (non-hydrogen) atoms. The van der Waals surface area contributed by atoms with Gasteiger partial charge in [-0.25, -0.2) is 8.42 Å². The van der Waals surface area contributed by atoms with Crippen molar-refractivity contribution in [1.29, 1.82) is 0 Å². The predicted molar refractivity (Wildman–Crippen MR) is 100 cm³/mol. The van der Waals surface area contributed by atoms with Gasteiger partial charge in [-0.3, -0.25) is 9.59 Å². The van der Waals surface area contributed by atoms with Crippen molar-refractivity contribution in [2.75, 3.05) is 38.3 Å². The maximum Gasteiger partial charge on any atom is 0.251 e. The Balaban J connectivity index is 1.83. The number of carbonyl (C=O) groups excluding carboxylic acids is 1. The largest absolute Gasteiger partial charge is 0.379 e. The molecule has 2 heterocycles. The molecule has 0 spiro atoms. The molecular formula is C18H21N3O5S. The number of anilines is 1. The number of aromatic nitrogens is 1. The summed E-state index contributed by atoms with van der Waals surface area (Å²) in [5.41, 5.74) is 0.249. The molecule has 144 valence electrons. The van der Waals surface area contributed by atoms with Crippen molar-refractivity contribution in [2.45, 2.75) is 11.4 Å². The summed E-state index contributed by atoms with van der Waals surface area (Å²) in [5, 5.41) is 0. The Hall–Kier alpha value is -2.49. The van der Waals surface area contributed by atoms with Crippen molar-refractivity contribution >= 4 is 21.6 Å². The number of sulfonamides is 1. The Bertz CT molecular complexity index is 966. The van der Waals surface area contributed by atoms with E-state index >= 15 is 0 Å². The number of morpholine rings is 1. The molecule has 0 bridgehead atoms. The van der Waals surface area contributed by atoms with E-state index in [9.17, 15) is 18.0 Å². The average Bonchev–Trinajstić information content (AvgIpc) is 2.70. The number of likely N-dealkylation sites (N-methyl/N-ethyl adjacent to an activating group) is 1. The van der Waals surface area contributed by atoms with Crippen LogP contribution in [-0.2, 0) is 26.1 Å². The van der Waals surface area contributed by atoms with Crippen LogP contribution in [0.2, 0.25) is 0 Å². The number of nitrogens with zero attached hydrogens (tertiary/aromatic N) is 3. The fraction of sp³-hybridized carbons (Fsp3) is 0.333. The number of pyridine rings is 1. The summed E-state index contributed by atoms with van der Waals surface area (Å²) >= 11 is 0. The lowest BCUT2D eigenvalue weighted by Gasteiger charge is -2.26. The van der Waals surface area contributed by atoms with Crippen molar-refractivity contribution in [1.82, 2.24) is 8.87 Å². The van der Waals surface area contributed by atoms with Gasteiger partial charge < -0.3 is 14.2 Å². The summed E-state index contributed by atoms with van der Waals surface area (Å²) < 4.78 is 33.1. The van der Waals surface area contributed by atoms with Crippen LogP contribution >= 0.6 is 0 Å². The maximum absolute atomic E-state index is 12.8. The molecule has 1 saturated heterocycles. The normalized spacial score (nSPS) is 15.4.